The highest BCUT2D eigenvalue weighted by molar-refractivity contribution is 6.31. The first-order valence-electron chi connectivity index (χ1n) is 7.40. The summed E-state index contributed by atoms with van der Waals surface area (Å²) in [7, 11) is 1.94. The number of nitrogens with one attached hydrogen (secondary N) is 1. The molecular formula is C16H23ClN2O2. The molecule has 0 saturated carbocycles. The summed E-state index contributed by atoms with van der Waals surface area (Å²) in [5.41, 5.74) is 0.946. The van der Waals surface area contributed by atoms with Crippen molar-refractivity contribution in [2.75, 3.05) is 20.1 Å². The number of likely N-dealkylation sites (N-methyl/N-ethyl adjacent to an activating group) is 1. The second-order valence-corrected chi connectivity index (χ2v) is 5.99. The third-order valence-electron chi connectivity index (χ3n) is 3.93. The molecule has 0 radical (unpaired) electrons. The molecule has 2 unspecified atom stereocenters. The smallest absolute Gasteiger partial charge is 0.263 e. The van der Waals surface area contributed by atoms with Crippen molar-refractivity contribution in [2.45, 2.75) is 38.8 Å². The molecule has 1 aliphatic rings. The Morgan fingerprint density at radius 3 is 2.95 bits per heavy atom. The minimum absolute atomic E-state index is 0.0440. The van der Waals surface area contributed by atoms with E-state index in [9.17, 15) is 4.79 Å². The minimum Gasteiger partial charge on any atom is -0.481 e. The molecule has 1 saturated heterocycles. The maximum Gasteiger partial charge on any atom is 0.263 e. The molecule has 2 atom stereocenters. The van der Waals surface area contributed by atoms with Gasteiger partial charge in [-0.25, -0.2) is 0 Å². The summed E-state index contributed by atoms with van der Waals surface area (Å²) in [5, 5.41) is 3.94. The molecule has 21 heavy (non-hydrogen) atoms. The lowest BCUT2D eigenvalue weighted by molar-refractivity contribution is -0.139. The Hall–Kier alpha value is -1.26. The van der Waals surface area contributed by atoms with Gasteiger partial charge in [0.1, 0.15) is 5.75 Å². The highest BCUT2D eigenvalue weighted by Gasteiger charge is 2.27. The summed E-state index contributed by atoms with van der Waals surface area (Å²) in [6.45, 7) is 5.28. The number of ether oxygens (including phenoxy) is 1. The van der Waals surface area contributed by atoms with Crippen LogP contribution in [0.5, 0.6) is 5.75 Å². The number of halogens is 1. The number of carbonyl (C=O) groups is 1. The van der Waals surface area contributed by atoms with Crippen LogP contribution in [-0.2, 0) is 4.79 Å². The highest BCUT2D eigenvalue weighted by atomic mass is 35.5. The summed E-state index contributed by atoms with van der Waals surface area (Å²) in [6.07, 6.45) is 1.66. The number of likely N-dealkylation sites (tertiary alicyclic amines) is 1. The zero-order valence-electron chi connectivity index (χ0n) is 12.9. The number of hydrogen-bond donors (Lipinski definition) is 1. The van der Waals surface area contributed by atoms with E-state index < -0.39 is 6.10 Å². The van der Waals surface area contributed by atoms with Gasteiger partial charge in [-0.2, -0.15) is 0 Å². The van der Waals surface area contributed by atoms with Gasteiger partial charge >= 0.3 is 0 Å². The predicted octanol–water partition coefficient (Wildman–Crippen LogP) is 2.63. The zero-order chi connectivity index (χ0) is 15.4. The molecule has 0 bridgehead atoms. The quantitative estimate of drug-likeness (QED) is 0.929. The fourth-order valence-corrected chi connectivity index (χ4v) is 2.73. The van der Waals surface area contributed by atoms with Crippen molar-refractivity contribution >= 4 is 17.5 Å². The Kier molecular flexibility index (Phi) is 5.48. The Labute approximate surface area is 131 Å². The van der Waals surface area contributed by atoms with Gasteiger partial charge in [0.05, 0.1) is 0 Å². The van der Waals surface area contributed by atoms with Gasteiger partial charge in [0.2, 0.25) is 0 Å². The van der Waals surface area contributed by atoms with E-state index in [4.69, 9.17) is 16.3 Å². The average molecular weight is 311 g/mol. The van der Waals surface area contributed by atoms with E-state index in [1.54, 1.807) is 19.1 Å². The van der Waals surface area contributed by atoms with Crippen molar-refractivity contribution in [3.63, 3.8) is 0 Å². The van der Waals surface area contributed by atoms with Gasteiger partial charge in [-0.3, -0.25) is 4.79 Å². The number of piperidine rings is 1. The van der Waals surface area contributed by atoms with Crippen molar-refractivity contribution in [1.29, 1.82) is 0 Å². The molecular weight excluding hydrogens is 288 g/mol. The molecule has 5 heteroatoms. The van der Waals surface area contributed by atoms with E-state index in [2.05, 4.69) is 5.32 Å². The fourth-order valence-electron chi connectivity index (χ4n) is 2.62. The Bertz CT molecular complexity index is 507. The lowest BCUT2D eigenvalue weighted by Crippen LogP contribution is -2.50. The first-order valence-corrected chi connectivity index (χ1v) is 7.78. The Morgan fingerprint density at radius 1 is 1.52 bits per heavy atom. The van der Waals surface area contributed by atoms with E-state index in [0.29, 0.717) is 16.8 Å². The highest BCUT2D eigenvalue weighted by Crippen LogP contribution is 2.22. The fraction of sp³-hybridized carbons (Fsp3) is 0.562. The topological polar surface area (TPSA) is 41.6 Å². The van der Waals surface area contributed by atoms with E-state index in [1.165, 1.54) is 0 Å². The van der Waals surface area contributed by atoms with Crippen LogP contribution >= 0.6 is 11.6 Å². The molecule has 0 aromatic heterocycles. The molecule has 2 rings (SSSR count). The van der Waals surface area contributed by atoms with Gasteiger partial charge in [-0.1, -0.05) is 11.6 Å². The normalized spacial score (nSPS) is 20.2. The van der Waals surface area contributed by atoms with E-state index in [-0.39, 0.29) is 5.91 Å². The van der Waals surface area contributed by atoms with Gasteiger partial charge in [0.15, 0.2) is 6.10 Å². The first kappa shape index (κ1) is 16.1. The van der Waals surface area contributed by atoms with Crippen molar-refractivity contribution in [1.82, 2.24) is 10.2 Å². The van der Waals surface area contributed by atoms with Crippen LogP contribution in [0.1, 0.15) is 25.3 Å². The summed E-state index contributed by atoms with van der Waals surface area (Å²) in [5.74, 6) is 0.725. The second kappa shape index (κ2) is 7.14. The van der Waals surface area contributed by atoms with E-state index >= 15 is 0 Å². The lowest BCUT2D eigenvalue weighted by Gasteiger charge is -2.34. The van der Waals surface area contributed by atoms with Crippen LogP contribution in [-0.4, -0.2) is 43.1 Å². The van der Waals surface area contributed by atoms with Gasteiger partial charge in [-0.15, -0.1) is 0 Å². The van der Waals surface area contributed by atoms with Crippen molar-refractivity contribution < 1.29 is 9.53 Å². The molecule has 0 aliphatic carbocycles. The molecule has 4 nitrogen and oxygen atoms in total. The van der Waals surface area contributed by atoms with Crippen LogP contribution in [0.15, 0.2) is 18.2 Å². The van der Waals surface area contributed by atoms with Crippen LogP contribution in [0.2, 0.25) is 5.02 Å². The maximum absolute atomic E-state index is 12.5. The molecule has 1 heterocycles. The van der Waals surface area contributed by atoms with Crippen LogP contribution < -0.4 is 10.1 Å². The predicted molar refractivity (Wildman–Crippen MR) is 84.9 cm³/mol. The molecule has 1 aromatic carbocycles. The number of amides is 1. The molecule has 116 valence electrons. The maximum atomic E-state index is 12.5. The standard InChI is InChI=1S/C16H23ClN2O2/c1-11-9-14(6-7-15(11)17)21-12(2)16(20)19-8-4-5-13(10-19)18-3/h6-7,9,12-13,18H,4-5,8,10H2,1-3H3. The molecule has 1 fully saturated rings. The Balaban J connectivity index is 1.97. The number of nitrogens with zero attached hydrogens (tertiary/aromatic N) is 1. The lowest BCUT2D eigenvalue weighted by atomic mass is 10.1. The van der Waals surface area contributed by atoms with Gasteiger partial charge in [0, 0.05) is 24.2 Å². The monoisotopic (exact) mass is 310 g/mol. The van der Waals surface area contributed by atoms with E-state index in [1.807, 2.05) is 24.9 Å². The van der Waals surface area contributed by atoms with Gasteiger partial charge in [0.25, 0.3) is 5.91 Å². The molecule has 1 aliphatic heterocycles. The van der Waals surface area contributed by atoms with Crippen LogP contribution in [0.3, 0.4) is 0 Å². The van der Waals surface area contributed by atoms with Crippen LogP contribution in [0.4, 0.5) is 0 Å². The molecule has 1 amide bonds. The molecule has 0 spiro atoms. The van der Waals surface area contributed by atoms with Crippen molar-refractivity contribution in [3.05, 3.63) is 28.8 Å². The van der Waals surface area contributed by atoms with Crippen LogP contribution in [0.25, 0.3) is 0 Å². The third kappa shape index (κ3) is 4.11. The number of rotatable bonds is 4. The minimum atomic E-state index is -0.485. The number of carbonyl (C=O) groups excluding carboxylic acids is 1. The Morgan fingerprint density at radius 2 is 2.29 bits per heavy atom. The number of hydrogen-bond acceptors (Lipinski definition) is 3. The summed E-state index contributed by atoms with van der Waals surface area (Å²) in [6, 6.07) is 5.83. The molecule has 1 aromatic rings. The number of benzene rings is 1. The van der Waals surface area contributed by atoms with E-state index in [0.717, 1.165) is 31.5 Å². The van der Waals surface area contributed by atoms with Crippen molar-refractivity contribution in [3.8, 4) is 5.75 Å². The molecule has 1 N–H and O–H groups in total. The van der Waals surface area contributed by atoms with Crippen molar-refractivity contribution in [2.24, 2.45) is 0 Å². The largest absolute Gasteiger partial charge is 0.481 e. The zero-order valence-corrected chi connectivity index (χ0v) is 13.6. The summed E-state index contributed by atoms with van der Waals surface area (Å²) >= 11 is 6.00. The average Bonchev–Trinajstić information content (AvgIpc) is 2.50. The summed E-state index contributed by atoms with van der Waals surface area (Å²) < 4.78 is 5.76. The summed E-state index contributed by atoms with van der Waals surface area (Å²) in [4.78, 5) is 14.3. The van der Waals surface area contributed by atoms with Gasteiger partial charge in [-0.05, 0) is 57.5 Å². The number of aryl methyl sites for hydroxylation is 1. The van der Waals surface area contributed by atoms with Crippen LogP contribution in [0, 0.1) is 6.92 Å². The second-order valence-electron chi connectivity index (χ2n) is 5.58. The van der Waals surface area contributed by atoms with Gasteiger partial charge < -0.3 is 15.0 Å². The SMILES string of the molecule is CNC1CCCN(C(=O)C(C)Oc2ccc(Cl)c(C)c2)C1. The first-order chi connectivity index (χ1) is 10.0. The third-order valence-corrected chi connectivity index (χ3v) is 4.36.